The number of Topliss-reactive ketones (excluding diaryl/α,β-unsaturated/α-hetero) is 1. The van der Waals surface area contributed by atoms with Crippen molar-refractivity contribution in [3.8, 4) is 0 Å². The molecule has 0 aromatic heterocycles. The number of carbonyl (C=O) groups is 2. The van der Waals surface area contributed by atoms with E-state index in [9.17, 15) is 14.5 Å². The van der Waals surface area contributed by atoms with Crippen molar-refractivity contribution < 1.29 is 9.59 Å². The standard InChI is InChI=1S/C11H11NO3/c13-10(7-4-8-11(14)12-15)9-5-2-1-3-6-9/h1-3,5-6H,4,7-8H2. The third-order valence-corrected chi connectivity index (χ3v) is 1.99. The highest BCUT2D eigenvalue weighted by Gasteiger charge is 2.06. The van der Waals surface area contributed by atoms with Crippen LogP contribution in [-0.2, 0) is 4.79 Å². The molecule has 0 spiro atoms. The SMILES string of the molecule is O=NC(=O)CCCC(=O)c1ccccc1. The minimum absolute atomic E-state index is 0.0192. The molecule has 15 heavy (non-hydrogen) atoms. The van der Waals surface area contributed by atoms with Crippen LogP contribution in [0.2, 0.25) is 0 Å². The Balaban J connectivity index is 2.37. The number of benzene rings is 1. The molecule has 0 unspecified atom stereocenters. The Hall–Kier alpha value is -1.84. The van der Waals surface area contributed by atoms with Gasteiger partial charge in [0.1, 0.15) is 0 Å². The topological polar surface area (TPSA) is 63.6 Å². The zero-order valence-electron chi connectivity index (χ0n) is 8.18. The summed E-state index contributed by atoms with van der Waals surface area (Å²) < 4.78 is 0. The van der Waals surface area contributed by atoms with E-state index in [1.54, 1.807) is 24.3 Å². The third-order valence-electron chi connectivity index (χ3n) is 1.99. The summed E-state index contributed by atoms with van der Waals surface area (Å²) in [5.74, 6) is -0.717. The summed E-state index contributed by atoms with van der Waals surface area (Å²) in [6, 6.07) is 8.84. The molecule has 1 aromatic rings. The summed E-state index contributed by atoms with van der Waals surface area (Å²) in [5.41, 5.74) is 0.629. The van der Waals surface area contributed by atoms with Crippen LogP contribution in [0.1, 0.15) is 29.6 Å². The second-order valence-electron chi connectivity index (χ2n) is 3.13. The Morgan fingerprint density at radius 2 is 1.73 bits per heavy atom. The lowest BCUT2D eigenvalue weighted by molar-refractivity contribution is -0.118. The van der Waals surface area contributed by atoms with Gasteiger partial charge < -0.3 is 0 Å². The maximum atomic E-state index is 11.5. The number of hydrogen-bond donors (Lipinski definition) is 0. The number of carbonyl (C=O) groups excluding carboxylic acids is 2. The normalized spacial score (nSPS) is 9.60. The predicted octanol–water partition coefficient (Wildman–Crippen LogP) is 2.33. The van der Waals surface area contributed by atoms with Crippen LogP contribution in [-0.4, -0.2) is 11.7 Å². The summed E-state index contributed by atoms with van der Waals surface area (Å²) in [6.07, 6.45) is 0.686. The molecule has 0 aliphatic carbocycles. The number of hydrogen-bond acceptors (Lipinski definition) is 3. The Morgan fingerprint density at radius 1 is 1.07 bits per heavy atom. The van der Waals surface area contributed by atoms with E-state index >= 15 is 0 Å². The lowest BCUT2D eigenvalue weighted by Gasteiger charge is -1.98. The number of nitrogens with zero attached hydrogens (tertiary/aromatic N) is 1. The van der Waals surface area contributed by atoms with E-state index in [1.165, 1.54) is 0 Å². The van der Waals surface area contributed by atoms with Crippen LogP contribution in [0.25, 0.3) is 0 Å². The quantitative estimate of drug-likeness (QED) is 0.547. The maximum absolute atomic E-state index is 11.5. The highest BCUT2D eigenvalue weighted by Crippen LogP contribution is 2.06. The molecular formula is C11H11NO3. The van der Waals surface area contributed by atoms with Crippen LogP contribution >= 0.6 is 0 Å². The molecule has 1 rings (SSSR count). The number of amides is 1. The molecule has 0 aliphatic rings. The Labute approximate surface area is 87.3 Å². The lowest BCUT2D eigenvalue weighted by atomic mass is 10.1. The molecule has 0 N–H and O–H groups in total. The Bertz CT molecular complexity index is 359. The summed E-state index contributed by atoms with van der Waals surface area (Å²) in [5, 5.41) is 2.26. The van der Waals surface area contributed by atoms with Crippen LogP contribution in [0.3, 0.4) is 0 Å². The molecule has 4 heteroatoms. The van der Waals surface area contributed by atoms with Crippen LogP contribution < -0.4 is 0 Å². The van der Waals surface area contributed by atoms with Gasteiger partial charge in [-0.2, -0.15) is 0 Å². The van der Waals surface area contributed by atoms with Gasteiger partial charge in [-0.1, -0.05) is 30.3 Å². The van der Waals surface area contributed by atoms with E-state index in [-0.39, 0.29) is 18.6 Å². The fourth-order valence-corrected chi connectivity index (χ4v) is 1.21. The van der Waals surface area contributed by atoms with Gasteiger partial charge >= 0.3 is 0 Å². The summed E-state index contributed by atoms with van der Waals surface area (Å²) >= 11 is 0. The second-order valence-corrected chi connectivity index (χ2v) is 3.13. The van der Waals surface area contributed by atoms with Crippen LogP contribution in [0.15, 0.2) is 35.5 Å². The van der Waals surface area contributed by atoms with Crippen LogP contribution in [0.5, 0.6) is 0 Å². The van der Waals surface area contributed by atoms with Gasteiger partial charge in [0.2, 0.25) is 0 Å². The first kappa shape index (κ1) is 11.2. The minimum atomic E-state index is -0.698. The monoisotopic (exact) mass is 205 g/mol. The van der Waals surface area contributed by atoms with Gasteiger partial charge in [0.05, 0.1) is 0 Å². The van der Waals surface area contributed by atoms with Crippen molar-refractivity contribution in [2.75, 3.05) is 0 Å². The van der Waals surface area contributed by atoms with Gasteiger partial charge in [-0.15, -0.1) is 4.91 Å². The van der Waals surface area contributed by atoms with Gasteiger partial charge in [0.15, 0.2) is 5.78 Å². The van der Waals surface area contributed by atoms with Crippen LogP contribution in [0, 0.1) is 4.91 Å². The van der Waals surface area contributed by atoms with Crippen molar-refractivity contribution in [3.05, 3.63) is 40.8 Å². The van der Waals surface area contributed by atoms with Gasteiger partial charge in [-0.25, -0.2) is 0 Å². The molecular weight excluding hydrogens is 194 g/mol. The Kier molecular flexibility index (Phi) is 4.34. The fraction of sp³-hybridized carbons (Fsp3) is 0.273. The summed E-state index contributed by atoms with van der Waals surface area (Å²) in [6.45, 7) is 0. The predicted molar refractivity (Wildman–Crippen MR) is 55.4 cm³/mol. The van der Waals surface area contributed by atoms with E-state index in [2.05, 4.69) is 5.18 Å². The van der Waals surface area contributed by atoms with E-state index < -0.39 is 5.91 Å². The van der Waals surface area contributed by atoms with Gasteiger partial charge in [-0.3, -0.25) is 9.59 Å². The average Bonchev–Trinajstić information content (AvgIpc) is 2.29. The van der Waals surface area contributed by atoms with Crippen molar-refractivity contribution in [3.63, 3.8) is 0 Å². The van der Waals surface area contributed by atoms with Crippen molar-refractivity contribution >= 4 is 11.7 Å². The molecule has 1 amide bonds. The number of nitroso groups, excluding NO2 is 1. The van der Waals surface area contributed by atoms with Crippen molar-refractivity contribution in [2.45, 2.75) is 19.3 Å². The molecule has 0 atom stereocenters. The minimum Gasteiger partial charge on any atom is -0.294 e. The van der Waals surface area contributed by atoms with Gasteiger partial charge in [0, 0.05) is 23.6 Å². The second kappa shape index (κ2) is 5.80. The van der Waals surface area contributed by atoms with Crippen LogP contribution in [0.4, 0.5) is 0 Å². The highest BCUT2D eigenvalue weighted by atomic mass is 16.3. The summed E-state index contributed by atoms with van der Waals surface area (Å²) in [4.78, 5) is 31.8. The molecule has 0 bridgehead atoms. The molecule has 0 saturated carbocycles. The zero-order valence-corrected chi connectivity index (χ0v) is 8.18. The molecule has 0 fully saturated rings. The lowest BCUT2D eigenvalue weighted by Crippen LogP contribution is -2.00. The average molecular weight is 205 g/mol. The molecule has 1 aromatic carbocycles. The molecule has 0 radical (unpaired) electrons. The number of ketones is 1. The molecule has 0 saturated heterocycles. The first-order chi connectivity index (χ1) is 7.24. The summed E-state index contributed by atoms with van der Waals surface area (Å²) in [7, 11) is 0. The largest absolute Gasteiger partial charge is 0.294 e. The van der Waals surface area contributed by atoms with E-state index in [0.717, 1.165) is 0 Å². The molecule has 0 heterocycles. The fourth-order valence-electron chi connectivity index (χ4n) is 1.21. The smallest absolute Gasteiger partial charge is 0.286 e. The van der Waals surface area contributed by atoms with Crippen molar-refractivity contribution in [1.82, 2.24) is 0 Å². The van der Waals surface area contributed by atoms with E-state index in [4.69, 9.17) is 0 Å². The number of rotatable bonds is 5. The third kappa shape index (κ3) is 3.81. The first-order valence-corrected chi connectivity index (χ1v) is 4.68. The molecule has 78 valence electrons. The first-order valence-electron chi connectivity index (χ1n) is 4.68. The van der Waals surface area contributed by atoms with Crippen molar-refractivity contribution in [1.29, 1.82) is 0 Å². The molecule has 0 aliphatic heterocycles. The highest BCUT2D eigenvalue weighted by molar-refractivity contribution is 5.96. The maximum Gasteiger partial charge on any atom is 0.286 e. The molecule has 4 nitrogen and oxygen atoms in total. The zero-order chi connectivity index (χ0) is 11.1. The van der Waals surface area contributed by atoms with E-state index in [1.807, 2.05) is 6.07 Å². The Morgan fingerprint density at radius 3 is 2.33 bits per heavy atom. The van der Waals surface area contributed by atoms with Crippen molar-refractivity contribution in [2.24, 2.45) is 5.18 Å². The van der Waals surface area contributed by atoms with E-state index in [0.29, 0.717) is 12.0 Å². The van der Waals surface area contributed by atoms with Gasteiger partial charge in [0.25, 0.3) is 5.91 Å². The van der Waals surface area contributed by atoms with Gasteiger partial charge in [-0.05, 0) is 6.42 Å².